The number of nitrogens with two attached hydrogens (primary N) is 2. The SMILES string of the molecule is Cc1cc(-c2cc(C(N)=O)c(NC(N)=O)s2)ccc1C=CCN[C@@H](CC(C)C)C(=O)O. The molecule has 2 aromatic rings. The number of carboxylic acid groups (broad SMARTS) is 1. The van der Waals surface area contributed by atoms with E-state index in [0.717, 1.165) is 21.6 Å². The van der Waals surface area contributed by atoms with E-state index < -0.39 is 23.9 Å². The molecule has 0 radical (unpaired) electrons. The highest BCUT2D eigenvalue weighted by atomic mass is 32.1. The number of hydrogen-bond donors (Lipinski definition) is 5. The Hall–Kier alpha value is -3.17. The standard InChI is InChI=1S/C22H28N4O4S/c1-12(2)9-17(21(28)29)25-8-4-5-14-6-7-15(10-13(14)3)18-11-16(19(23)27)20(31-18)26-22(24)30/h4-7,10-12,17,25H,8-9H2,1-3H3,(H2,23,27)(H,28,29)(H3,24,26,30)/t17-/m0/s1. The molecule has 8 nitrogen and oxygen atoms in total. The molecule has 0 fully saturated rings. The summed E-state index contributed by atoms with van der Waals surface area (Å²) in [5.41, 5.74) is 13.6. The topological polar surface area (TPSA) is 148 Å². The first-order chi connectivity index (χ1) is 14.6. The van der Waals surface area contributed by atoms with Crippen molar-refractivity contribution in [3.63, 3.8) is 0 Å². The van der Waals surface area contributed by atoms with Crippen LogP contribution in [0.3, 0.4) is 0 Å². The van der Waals surface area contributed by atoms with E-state index in [-0.39, 0.29) is 5.56 Å². The number of hydrogen-bond acceptors (Lipinski definition) is 5. The number of primary amides is 2. The van der Waals surface area contributed by atoms with Gasteiger partial charge in [0.25, 0.3) is 5.91 Å². The van der Waals surface area contributed by atoms with Crippen molar-refractivity contribution in [2.75, 3.05) is 11.9 Å². The van der Waals surface area contributed by atoms with Gasteiger partial charge in [0.2, 0.25) is 0 Å². The molecule has 1 aromatic carbocycles. The van der Waals surface area contributed by atoms with Gasteiger partial charge in [-0.25, -0.2) is 4.79 Å². The van der Waals surface area contributed by atoms with Gasteiger partial charge in [0, 0.05) is 11.4 Å². The molecular weight excluding hydrogens is 416 g/mol. The average molecular weight is 445 g/mol. The summed E-state index contributed by atoms with van der Waals surface area (Å²) in [7, 11) is 0. The molecule has 3 amide bonds. The van der Waals surface area contributed by atoms with E-state index in [0.29, 0.717) is 23.9 Å². The Morgan fingerprint density at radius 1 is 1.19 bits per heavy atom. The molecule has 1 heterocycles. The van der Waals surface area contributed by atoms with Crippen LogP contribution < -0.4 is 22.1 Å². The minimum atomic E-state index is -0.848. The molecule has 166 valence electrons. The van der Waals surface area contributed by atoms with Crippen LogP contribution in [0, 0.1) is 12.8 Å². The second-order valence-electron chi connectivity index (χ2n) is 7.61. The lowest BCUT2D eigenvalue weighted by atomic mass is 10.0. The van der Waals surface area contributed by atoms with Crippen LogP contribution in [0.5, 0.6) is 0 Å². The van der Waals surface area contributed by atoms with E-state index in [1.807, 2.05) is 51.1 Å². The first kappa shape index (κ1) is 24.1. The van der Waals surface area contributed by atoms with Crippen LogP contribution in [0.2, 0.25) is 0 Å². The number of carbonyl (C=O) groups is 3. The van der Waals surface area contributed by atoms with E-state index in [2.05, 4.69) is 10.6 Å². The van der Waals surface area contributed by atoms with Crippen molar-refractivity contribution < 1.29 is 19.5 Å². The van der Waals surface area contributed by atoms with E-state index in [9.17, 15) is 19.5 Å². The van der Waals surface area contributed by atoms with E-state index in [1.165, 1.54) is 11.3 Å². The molecule has 0 aliphatic rings. The Labute approximate surface area is 185 Å². The lowest BCUT2D eigenvalue weighted by Gasteiger charge is -2.15. The minimum absolute atomic E-state index is 0.209. The van der Waals surface area contributed by atoms with Gasteiger partial charge in [-0.2, -0.15) is 0 Å². The molecule has 7 N–H and O–H groups in total. The van der Waals surface area contributed by atoms with Gasteiger partial charge < -0.3 is 21.9 Å². The summed E-state index contributed by atoms with van der Waals surface area (Å²) < 4.78 is 0. The largest absolute Gasteiger partial charge is 0.480 e. The maximum Gasteiger partial charge on any atom is 0.320 e. The van der Waals surface area contributed by atoms with Crippen molar-refractivity contribution in [1.82, 2.24) is 5.32 Å². The Bertz CT molecular complexity index is 997. The Kier molecular flexibility index (Phi) is 8.35. The first-order valence-electron chi connectivity index (χ1n) is 9.82. The number of amides is 3. The Morgan fingerprint density at radius 2 is 1.90 bits per heavy atom. The number of nitrogens with one attached hydrogen (secondary N) is 2. The highest BCUT2D eigenvalue weighted by Crippen LogP contribution is 2.36. The average Bonchev–Trinajstić information content (AvgIpc) is 3.08. The van der Waals surface area contributed by atoms with Crippen molar-refractivity contribution in [3.05, 3.63) is 47.0 Å². The number of carboxylic acids is 1. The summed E-state index contributed by atoms with van der Waals surface area (Å²) in [6.07, 6.45) is 4.39. The normalized spacial score (nSPS) is 12.3. The van der Waals surface area contributed by atoms with Crippen molar-refractivity contribution in [3.8, 4) is 10.4 Å². The van der Waals surface area contributed by atoms with Crippen LogP contribution in [0.25, 0.3) is 16.5 Å². The van der Waals surface area contributed by atoms with Crippen LogP contribution in [0.4, 0.5) is 9.80 Å². The lowest BCUT2D eigenvalue weighted by Crippen LogP contribution is -2.37. The van der Waals surface area contributed by atoms with E-state index >= 15 is 0 Å². The summed E-state index contributed by atoms with van der Waals surface area (Å²) in [5.74, 6) is -1.20. The number of urea groups is 1. The van der Waals surface area contributed by atoms with Gasteiger partial charge in [0.1, 0.15) is 11.0 Å². The second kappa shape index (κ2) is 10.7. The molecule has 0 aliphatic heterocycles. The van der Waals surface area contributed by atoms with E-state index in [4.69, 9.17) is 11.5 Å². The van der Waals surface area contributed by atoms with Gasteiger partial charge in [-0.05, 0) is 42.0 Å². The molecule has 0 aliphatic carbocycles. The summed E-state index contributed by atoms with van der Waals surface area (Å²) in [5, 5.41) is 15.1. The predicted octanol–water partition coefficient (Wildman–Crippen LogP) is 3.42. The van der Waals surface area contributed by atoms with Crippen molar-refractivity contribution in [1.29, 1.82) is 0 Å². The quantitative estimate of drug-likeness (QED) is 0.381. The predicted molar refractivity (Wildman–Crippen MR) is 124 cm³/mol. The van der Waals surface area contributed by atoms with Gasteiger partial charge in [-0.15, -0.1) is 11.3 Å². The summed E-state index contributed by atoms with van der Waals surface area (Å²) in [4.78, 5) is 34.9. The molecule has 0 spiro atoms. The van der Waals surface area contributed by atoms with Crippen molar-refractivity contribution in [2.24, 2.45) is 17.4 Å². The van der Waals surface area contributed by atoms with Crippen LogP contribution in [-0.2, 0) is 4.79 Å². The highest BCUT2D eigenvalue weighted by Gasteiger charge is 2.18. The van der Waals surface area contributed by atoms with Gasteiger partial charge in [0.15, 0.2) is 0 Å². The molecular formula is C22H28N4O4S. The third-order valence-electron chi connectivity index (χ3n) is 4.57. The number of carbonyl (C=O) groups excluding carboxylic acids is 2. The molecule has 31 heavy (non-hydrogen) atoms. The molecule has 1 aromatic heterocycles. The third kappa shape index (κ3) is 6.94. The molecule has 1 atom stereocenters. The maximum absolute atomic E-state index is 11.6. The Morgan fingerprint density at radius 3 is 2.45 bits per heavy atom. The molecule has 2 rings (SSSR count). The molecule has 0 bridgehead atoms. The highest BCUT2D eigenvalue weighted by molar-refractivity contribution is 7.20. The van der Waals surface area contributed by atoms with Crippen LogP contribution in [-0.4, -0.2) is 35.6 Å². The van der Waals surface area contributed by atoms with Gasteiger partial charge in [-0.3, -0.25) is 14.9 Å². The van der Waals surface area contributed by atoms with Crippen LogP contribution >= 0.6 is 11.3 Å². The molecule has 0 saturated carbocycles. The Balaban J connectivity index is 2.13. The minimum Gasteiger partial charge on any atom is -0.480 e. The fourth-order valence-corrected chi connectivity index (χ4v) is 4.14. The number of aryl methyl sites for hydroxylation is 1. The van der Waals surface area contributed by atoms with Gasteiger partial charge in [-0.1, -0.05) is 44.2 Å². The lowest BCUT2D eigenvalue weighted by molar-refractivity contribution is -0.139. The number of anilines is 1. The zero-order chi connectivity index (χ0) is 23.1. The summed E-state index contributed by atoms with van der Waals surface area (Å²) in [6, 6.07) is 6.11. The number of rotatable bonds is 10. The fourth-order valence-electron chi connectivity index (χ4n) is 3.08. The summed E-state index contributed by atoms with van der Waals surface area (Å²) in [6.45, 7) is 6.39. The first-order valence-corrected chi connectivity index (χ1v) is 10.6. The van der Waals surface area contributed by atoms with Gasteiger partial charge in [0.05, 0.1) is 5.56 Å². The number of benzene rings is 1. The van der Waals surface area contributed by atoms with Crippen molar-refractivity contribution >= 4 is 40.3 Å². The monoisotopic (exact) mass is 444 g/mol. The fraction of sp³-hybridized carbons (Fsp3) is 0.318. The second-order valence-corrected chi connectivity index (χ2v) is 8.66. The third-order valence-corrected chi connectivity index (χ3v) is 5.67. The number of aliphatic carboxylic acids is 1. The summed E-state index contributed by atoms with van der Waals surface area (Å²) >= 11 is 1.22. The van der Waals surface area contributed by atoms with E-state index in [1.54, 1.807) is 6.07 Å². The van der Waals surface area contributed by atoms with Crippen molar-refractivity contribution in [2.45, 2.75) is 33.2 Å². The van der Waals surface area contributed by atoms with Crippen LogP contribution in [0.1, 0.15) is 41.8 Å². The molecule has 0 unspecified atom stereocenters. The smallest absolute Gasteiger partial charge is 0.320 e. The molecule has 0 saturated heterocycles. The maximum atomic E-state index is 11.6. The zero-order valence-electron chi connectivity index (χ0n) is 17.8. The molecule has 9 heteroatoms. The van der Waals surface area contributed by atoms with Gasteiger partial charge >= 0.3 is 12.0 Å². The zero-order valence-corrected chi connectivity index (χ0v) is 18.6. The van der Waals surface area contributed by atoms with Crippen LogP contribution in [0.15, 0.2) is 30.3 Å². The number of thiophene rings is 1.